The minimum absolute atomic E-state index is 0. The molecule has 6 heteroatoms. The molecule has 0 aromatic heterocycles. The van der Waals surface area contributed by atoms with Crippen molar-refractivity contribution in [1.82, 2.24) is 15.1 Å². The molecular formula is C20H33IN4O. The van der Waals surface area contributed by atoms with Crippen LogP contribution in [0.15, 0.2) is 29.3 Å². The van der Waals surface area contributed by atoms with Gasteiger partial charge in [0.15, 0.2) is 5.96 Å². The van der Waals surface area contributed by atoms with Crippen LogP contribution in [-0.4, -0.2) is 62.7 Å². The van der Waals surface area contributed by atoms with Crippen LogP contribution >= 0.6 is 24.0 Å². The number of hydrogen-bond donors (Lipinski definition) is 1. The van der Waals surface area contributed by atoms with Crippen LogP contribution in [0.3, 0.4) is 0 Å². The molecule has 1 unspecified atom stereocenters. The Balaban J connectivity index is 0.00000243. The molecule has 5 nitrogen and oxygen atoms in total. The number of nitrogens with zero attached hydrogens (tertiary/aromatic N) is 3. The van der Waals surface area contributed by atoms with E-state index in [4.69, 9.17) is 9.73 Å². The number of guanidine groups is 1. The van der Waals surface area contributed by atoms with Crippen molar-refractivity contribution in [3.8, 4) is 0 Å². The first-order chi connectivity index (χ1) is 12.1. The molecule has 0 aliphatic carbocycles. The second kappa shape index (κ2) is 9.90. The summed E-state index contributed by atoms with van der Waals surface area (Å²) in [5.41, 5.74) is 2.97. The predicted octanol–water partition coefficient (Wildman–Crippen LogP) is 2.94. The molecule has 0 amide bonds. The van der Waals surface area contributed by atoms with Gasteiger partial charge >= 0.3 is 0 Å². The van der Waals surface area contributed by atoms with Crippen LogP contribution in [0.5, 0.6) is 0 Å². The van der Waals surface area contributed by atoms with Gasteiger partial charge in [0.1, 0.15) is 0 Å². The molecule has 1 aromatic carbocycles. The Labute approximate surface area is 175 Å². The van der Waals surface area contributed by atoms with Crippen LogP contribution in [0, 0.1) is 5.41 Å². The molecule has 1 aromatic rings. The van der Waals surface area contributed by atoms with Gasteiger partial charge in [-0.25, -0.2) is 4.99 Å². The Kier molecular flexibility index (Phi) is 8.16. The molecule has 1 atom stereocenters. The quantitative estimate of drug-likeness (QED) is 0.407. The number of hydrogen-bond acceptors (Lipinski definition) is 3. The number of likely N-dealkylation sites (tertiary alicyclic amines) is 1. The van der Waals surface area contributed by atoms with Crippen LogP contribution in [0.4, 0.5) is 0 Å². The molecule has 2 fully saturated rings. The van der Waals surface area contributed by atoms with E-state index in [0.29, 0.717) is 5.41 Å². The van der Waals surface area contributed by atoms with Gasteiger partial charge in [0, 0.05) is 38.2 Å². The Hall–Kier alpha value is -0.860. The third-order valence-corrected chi connectivity index (χ3v) is 5.16. The SMILES string of the molecule is CCNC(=NCc1cccc(CN(C)C)c1)N1CCC2(CCOC2)C1.I. The Bertz CT molecular complexity index is 599. The minimum Gasteiger partial charge on any atom is -0.381 e. The molecule has 2 heterocycles. The van der Waals surface area contributed by atoms with Crippen molar-refractivity contribution < 1.29 is 4.74 Å². The zero-order valence-electron chi connectivity index (χ0n) is 16.3. The summed E-state index contributed by atoms with van der Waals surface area (Å²) in [5, 5.41) is 3.47. The van der Waals surface area contributed by atoms with Crippen molar-refractivity contribution >= 4 is 29.9 Å². The van der Waals surface area contributed by atoms with Gasteiger partial charge in [0.25, 0.3) is 0 Å². The number of rotatable bonds is 5. The zero-order valence-corrected chi connectivity index (χ0v) is 18.7. The molecule has 0 bridgehead atoms. The van der Waals surface area contributed by atoms with E-state index in [1.54, 1.807) is 0 Å². The predicted molar refractivity (Wildman–Crippen MR) is 118 cm³/mol. The van der Waals surface area contributed by atoms with E-state index in [0.717, 1.165) is 51.9 Å². The number of benzene rings is 1. The molecule has 26 heavy (non-hydrogen) atoms. The molecule has 146 valence electrons. The second-order valence-electron chi connectivity index (χ2n) is 7.70. The summed E-state index contributed by atoms with van der Waals surface area (Å²) in [5.74, 6) is 1.05. The highest BCUT2D eigenvalue weighted by atomic mass is 127. The maximum atomic E-state index is 5.65. The third-order valence-electron chi connectivity index (χ3n) is 5.16. The third kappa shape index (κ3) is 5.57. The van der Waals surface area contributed by atoms with Crippen molar-refractivity contribution in [1.29, 1.82) is 0 Å². The van der Waals surface area contributed by atoms with E-state index >= 15 is 0 Å². The second-order valence-corrected chi connectivity index (χ2v) is 7.70. The minimum atomic E-state index is 0. The van der Waals surface area contributed by atoms with Crippen molar-refractivity contribution in [3.05, 3.63) is 35.4 Å². The monoisotopic (exact) mass is 472 g/mol. The van der Waals surface area contributed by atoms with Crippen LogP contribution in [0.25, 0.3) is 0 Å². The van der Waals surface area contributed by atoms with Crippen molar-refractivity contribution in [2.24, 2.45) is 10.4 Å². The van der Waals surface area contributed by atoms with E-state index in [1.807, 2.05) is 0 Å². The van der Waals surface area contributed by atoms with Crippen LogP contribution in [0.1, 0.15) is 30.9 Å². The largest absolute Gasteiger partial charge is 0.381 e. The van der Waals surface area contributed by atoms with E-state index in [1.165, 1.54) is 24.0 Å². The molecule has 1 spiro atoms. The van der Waals surface area contributed by atoms with Crippen LogP contribution in [0.2, 0.25) is 0 Å². The summed E-state index contributed by atoms with van der Waals surface area (Å²) in [6, 6.07) is 8.76. The average Bonchev–Trinajstić information content (AvgIpc) is 3.21. The topological polar surface area (TPSA) is 40.1 Å². The van der Waals surface area contributed by atoms with Crippen molar-refractivity contribution in [2.75, 3.05) is 46.9 Å². The molecule has 1 N–H and O–H groups in total. The van der Waals surface area contributed by atoms with Gasteiger partial charge < -0.3 is 19.9 Å². The normalized spacial score (nSPS) is 22.9. The standard InChI is InChI=1S/C20H32N4O.HI/c1-4-21-19(24-10-8-20(15-24)9-11-25-16-20)22-13-17-6-5-7-18(12-17)14-23(2)3;/h5-7,12H,4,8-11,13-16H2,1-3H3,(H,21,22);1H. The van der Waals surface area contributed by atoms with Crippen LogP contribution in [-0.2, 0) is 17.8 Å². The molecule has 2 aliphatic rings. The summed E-state index contributed by atoms with van der Waals surface area (Å²) >= 11 is 0. The smallest absolute Gasteiger partial charge is 0.194 e. The van der Waals surface area contributed by atoms with Gasteiger partial charge in [-0.2, -0.15) is 0 Å². The number of aliphatic imine (C=N–C) groups is 1. The van der Waals surface area contributed by atoms with Crippen LogP contribution < -0.4 is 5.32 Å². The molecule has 2 aliphatic heterocycles. The van der Waals surface area contributed by atoms with E-state index < -0.39 is 0 Å². The lowest BCUT2D eigenvalue weighted by molar-refractivity contribution is 0.156. The first kappa shape index (κ1) is 21.4. The Morgan fingerprint density at radius 3 is 2.81 bits per heavy atom. The molecule has 3 rings (SSSR count). The number of halogens is 1. The Morgan fingerprint density at radius 1 is 1.31 bits per heavy atom. The van der Waals surface area contributed by atoms with Crippen molar-refractivity contribution in [3.63, 3.8) is 0 Å². The fraction of sp³-hybridized carbons (Fsp3) is 0.650. The van der Waals surface area contributed by atoms with Gasteiger partial charge in [-0.15, -0.1) is 24.0 Å². The van der Waals surface area contributed by atoms with E-state index in [2.05, 4.69) is 60.4 Å². The summed E-state index contributed by atoms with van der Waals surface area (Å²) in [4.78, 5) is 9.53. The fourth-order valence-corrected chi connectivity index (χ4v) is 3.87. The summed E-state index contributed by atoms with van der Waals surface area (Å²) < 4.78 is 5.65. The molecular weight excluding hydrogens is 439 g/mol. The molecule has 2 saturated heterocycles. The lowest BCUT2D eigenvalue weighted by Gasteiger charge is -2.25. The van der Waals surface area contributed by atoms with Gasteiger partial charge in [-0.3, -0.25) is 0 Å². The highest BCUT2D eigenvalue weighted by molar-refractivity contribution is 14.0. The van der Waals surface area contributed by atoms with Gasteiger partial charge in [-0.05, 0) is 45.0 Å². The number of nitrogens with one attached hydrogen (secondary N) is 1. The first-order valence-corrected chi connectivity index (χ1v) is 9.44. The zero-order chi connectivity index (χ0) is 17.7. The average molecular weight is 472 g/mol. The maximum Gasteiger partial charge on any atom is 0.194 e. The van der Waals surface area contributed by atoms with Gasteiger partial charge in [-0.1, -0.05) is 24.3 Å². The summed E-state index contributed by atoms with van der Waals surface area (Å²) in [6.07, 6.45) is 2.41. The lowest BCUT2D eigenvalue weighted by atomic mass is 9.87. The van der Waals surface area contributed by atoms with Gasteiger partial charge in [0.05, 0.1) is 13.2 Å². The van der Waals surface area contributed by atoms with Crippen molar-refractivity contribution in [2.45, 2.75) is 32.9 Å². The summed E-state index contributed by atoms with van der Waals surface area (Å²) in [6.45, 7) is 8.71. The Morgan fingerprint density at radius 2 is 2.12 bits per heavy atom. The van der Waals surface area contributed by atoms with E-state index in [-0.39, 0.29) is 24.0 Å². The highest BCUT2D eigenvalue weighted by Gasteiger charge is 2.42. The molecule has 0 radical (unpaired) electrons. The first-order valence-electron chi connectivity index (χ1n) is 9.44. The van der Waals surface area contributed by atoms with Gasteiger partial charge in [0.2, 0.25) is 0 Å². The number of ether oxygens (including phenoxy) is 1. The van der Waals surface area contributed by atoms with E-state index in [9.17, 15) is 0 Å². The lowest BCUT2D eigenvalue weighted by Crippen LogP contribution is -2.41. The fourth-order valence-electron chi connectivity index (χ4n) is 3.87. The summed E-state index contributed by atoms with van der Waals surface area (Å²) in [7, 11) is 4.20. The highest BCUT2D eigenvalue weighted by Crippen LogP contribution is 2.38. The molecule has 0 saturated carbocycles. The maximum absolute atomic E-state index is 5.65.